The van der Waals surface area contributed by atoms with Crippen LogP contribution in [0.25, 0.3) is 0 Å². The predicted molar refractivity (Wildman–Crippen MR) is 95.0 cm³/mol. The lowest BCUT2D eigenvalue weighted by Gasteiger charge is -2.18. The number of carbonyl (C=O) groups is 1. The normalized spacial score (nSPS) is 13.8. The van der Waals surface area contributed by atoms with Crippen LogP contribution in [-0.2, 0) is 7.05 Å². The zero-order chi connectivity index (χ0) is 17.9. The van der Waals surface area contributed by atoms with Crippen LogP contribution in [-0.4, -0.2) is 15.7 Å². The third-order valence-electron chi connectivity index (χ3n) is 4.04. The molecular formula is C19H26FN3O. The zero-order valence-electron chi connectivity index (χ0n) is 15.0. The van der Waals surface area contributed by atoms with Crippen molar-refractivity contribution in [1.82, 2.24) is 9.78 Å². The lowest BCUT2D eigenvalue weighted by Crippen LogP contribution is -2.15. The molecule has 1 heterocycles. The van der Waals surface area contributed by atoms with Crippen molar-refractivity contribution >= 4 is 11.6 Å². The van der Waals surface area contributed by atoms with Gasteiger partial charge in [-0.1, -0.05) is 39.0 Å². The minimum atomic E-state index is -1.29. The highest BCUT2D eigenvalue weighted by atomic mass is 19.1. The summed E-state index contributed by atoms with van der Waals surface area (Å²) in [6.45, 7) is 7.91. The largest absolute Gasteiger partial charge is 0.322 e. The number of alkyl halides is 1. The van der Waals surface area contributed by atoms with Gasteiger partial charge in [-0.25, -0.2) is 4.39 Å². The first kappa shape index (κ1) is 18.2. The van der Waals surface area contributed by atoms with Crippen LogP contribution >= 0.6 is 0 Å². The van der Waals surface area contributed by atoms with Crippen LogP contribution < -0.4 is 5.32 Å². The maximum Gasteiger partial charge on any atom is 0.259 e. The van der Waals surface area contributed by atoms with Crippen LogP contribution in [0.15, 0.2) is 30.5 Å². The molecule has 0 radical (unpaired) electrons. The highest BCUT2D eigenvalue weighted by Crippen LogP contribution is 2.30. The molecule has 0 bridgehead atoms. The van der Waals surface area contributed by atoms with E-state index in [0.29, 0.717) is 11.8 Å². The number of hydrogen-bond acceptors (Lipinski definition) is 2. The first-order valence-electron chi connectivity index (χ1n) is 8.37. The van der Waals surface area contributed by atoms with E-state index in [2.05, 4.69) is 31.2 Å². The molecule has 2 rings (SSSR count). The van der Waals surface area contributed by atoms with E-state index in [1.54, 1.807) is 13.2 Å². The fourth-order valence-electron chi connectivity index (χ4n) is 3.04. The highest BCUT2D eigenvalue weighted by molar-refractivity contribution is 6.05. The van der Waals surface area contributed by atoms with Gasteiger partial charge >= 0.3 is 0 Å². The summed E-state index contributed by atoms with van der Waals surface area (Å²) in [7, 11) is 1.68. The molecule has 0 aliphatic carbocycles. The van der Waals surface area contributed by atoms with E-state index in [1.807, 2.05) is 24.3 Å². The van der Waals surface area contributed by atoms with Crippen LogP contribution in [0.3, 0.4) is 0 Å². The van der Waals surface area contributed by atoms with E-state index >= 15 is 0 Å². The molecule has 0 fully saturated rings. The summed E-state index contributed by atoms with van der Waals surface area (Å²) >= 11 is 0. The molecule has 0 saturated heterocycles. The predicted octanol–water partition coefficient (Wildman–Crippen LogP) is 4.85. The second-order valence-electron chi connectivity index (χ2n) is 6.79. The Bertz CT molecular complexity index is 706. The Kier molecular flexibility index (Phi) is 5.75. The molecule has 0 saturated carbocycles. The number of halogens is 1. The fourth-order valence-corrected chi connectivity index (χ4v) is 3.04. The van der Waals surface area contributed by atoms with Crippen molar-refractivity contribution in [2.24, 2.45) is 13.0 Å². The second-order valence-corrected chi connectivity index (χ2v) is 6.79. The Labute approximate surface area is 143 Å². The zero-order valence-corrected chi connectivity index (χ0v) is 15.0. The van der Waals surface area contributed by atoms with E-state index in [-0.39, 0.29) is 17.2 Å². The Morgan fingerprint density at radius 1 is 1.25 bits per heavy atom. The van der Waals surface area contributed by atoms with Crippen molar-refractivity contribution in [3.8, 4) is 0 Å². The van der Waals surface area contributed by atoms with Crippen LogP contribution in [0.2, 0.25) is 0 Å². The van der Waals surface area contributed by atoms with E-state index in [9.17, 15) is 9.18 Å². The molecule has 1 aromatic heterocycles. The third-order valence-corrected chi connectivity index (χ3v) is 4.04. The number of para-hydroxylation sites is 1. The molecule has 0 spiro atoms. The first-order chi connectivity index (χ1) is 11.3. The fraction of sp³-hybridized carbons (Fsp3) is 0.474. The SMILES string of the molecule is CC(C)CC(C)c1ccccc1NC(=O)c1cn(C)nc1C(C)F. The van der Waals surface area contributed by atoms with Gasteiger partial charge in [-0.15, -0.1) is 0 Å². The first-order valence-corrected chi connectivity index (χ1v) is 8.37. The number of rotatable bonds is 6. The van der Waals surface area contributed by atoms with Gasteiger partial charge in [0.05, 0.1) is 5.56 Å². The number of nitrogens with one attached hydrogen (secondary N) is 1. The Balaban J connectivity index is 2.27. The molecular weight excluding hydrogens is 305 g/mol. The topological polar surface area (TPSA) is 46.9 Å². The summed E-state index contributed by atoms with van der Waals surface area (Å²) in [6.07, 6.45) is 1.30. The van der Waals surface area contributed by atoms with Gasteiger partial charge in [0.25, 0.3) is 5.91 Å². The molecule has 4 nitrogen and oxygen atoms in total. The quantitative estimate of drug-likeness (QED) is 0.822. The number of amides is 1. The number of nitrogens with zero attached hydrogens (tertiary/aromatic N) is 2. The molecule has 1 N–H and O–H groups in total. The van der Waals surface area contributed by atoms with Gasteiger partial charge in [-0.05, 0) is 36.8 Å². The summed E-state index contributed by atoms with van der Waals surface area (Å²) in [6, 6.07) is 7.79. The number of benzene rings is 1. The molecule has 1 amide bonds. The van der Waals surface area contributed by atoms with Gasteiger partial charge in [0.2, 0.25) is 0 Å². The smallest absolute Gasteiger partial charge is 0.259 e. The molecule has 5 heteroatoms. The van der Waals surface area contributed by atoms with Gasteiger partial charge in [0.15, 0.2) is 0 Å². The van der Waals surface area contributed by atoms with Gasteiger partial charge in [0, 0.05) is 18.9 Å². The average Bonchev–Trinajstić information content (AvgIpc) is 2.89. The van der Waals surface area contributed by atoms with Crippen LogP contribution in [0.4, 0.5) is 10.1 Å². The molecule has 1 aromatic carbocycles. The van der Waals surface area contributed by atoms with E-state index in [0.717, 1.165) is 17.7 Å². The van der Waals surface area contributed by atoms with Crippen molar-refractivity contribution in [2.75, 3.05) is 5.32 Å². The van der Waals surface area contributed by atoms with Crippen molar-refractivity contribution in [2.45, 2.75) is 46.2 Å². The van der Waals surface area contributed by atoms with Crippen LogP contribution in [0.5, 0.6) is 0 Å². The molecule has 2 atom stereocenters. The number of aromatic nitrogens is 2. The summed E-state index contributed by atoms with van der Waals surface area (Å²) in [4.78, 5) is 12.6. The standard InChI is InChI=1S/C19H26FN3O/c1-12(2)10-13(3)15-8-6-7-9-17(15)21-19(24)16-11-23(5)22-18(16)14(4)20/h6-9,11-14H,10H2,1-5H3,(H,21,24). The van der Waals surface area contributed by atoms with Crippen molar-refractivity contribution in [1.29, 1.82) is 0 Å². The highest BCUT2D eigenvalue weighted by Gasteiger charge is 2.21. The van der Waals surface area contributed by atoms with Crippen molar-refractivity contribution in [3.63, 3.8) is 0 Å². The van der Waals surface area contributed by atoms with E-state index < -0.39 is 6.17 Å². The number of aryl methyl sites for hydroxylation is 1. The minimum absolute atomic E-state index is 0.169. The molecule has 24 heavy (non-hydrogen) atoms. The van der Waals surface area contributed by atoms with Gasteiger partial charge < -0.3 is 5.32 Å². The molecule has 130 valence electrons. The maximum atomic E-state index is 13.7. The van der Waals surface area contributed by atoms with E-state index in [1.165, 1.54) is 11.6 Å². The number of anilines is 1. The monoisotopic (exact) mass is 331 g/mol. The minimum Gasteiger partial charge on any atom is -0.322 e. The summed E-state index contributed by atoms with van der Waals surface area (Å²) in [5, 5.41) is 6.98. The van der Waals surface area contributed by atoms with Gasteiger partial charge in [0.1, 0.15) is 11.9 Å². The summed E-state index contributed by atoms with van der Waals surface area (Å²) < 4.78 is 15.2. The Morgan fingerprint density at radius 2 is 1.92 bits per heavy atom. The van der Waals surface area contributed by atoms with Gasteiger partial charge in [-0.2, -0.15) is 5.10 Å². The lowest BCUT2D eigenvalue weighted by molar-refractivity contribution is 0.102. The molecule has 2 unspecified atom stereocenters. The summed E-state index contributed by atoms with van der Waals surface area (Å²) in [5.74, 6) is 0.572. The summed E-state index contributed by atoms with van der Waals surface area (Å²) in [5.41, 5.74) is 2.32. The number of hydrogen-bond donors (Lipinski definition) is 1. The average molecular weight is 331 g/mol. The van der Waals surface area contributed by atoms with Crippen LogP contribution in [0.1, 0.15) is 67.8 Å². The Morgan fingerprint density at radius 3 is 2.54 bits per heavy atom. The third kappa shape index (κ3) is 4.22. The molecule has 0 aliphatic rings. The number of carbonyl (C=O) groups excluding carboxylic acids is 1. The molecule has 0 aliphatic heterocycles. The second kappa shape index (κ2) is 7.60. The van der Waals surface area contributed by atoms with Crippen molar-refractivity contribution < 1.29 is 9.18 Å². The maximum absolute atomic E-state index is 13.7. The van der Waals surface area contributed by atoms with Gasteiger partial charge in [-0.3, -0.25) is 9.48 Å². The van der Waals surface area contributed by atoms with E-state index in [4.69, 9.17) is 0 Å². The Hall–Kier alpha value is -2.17. The van der Waals surface area contributed by atoms with Crippen LogP contribution in [0, 0.1) is 5.92 Å². The van der Waals surface area contributed by atoms with Crippen molar-refractivity contribution in [3.05, 3.63) is 47.3 Å². The lowest BCUT2D eigenvalue weighted by atomic mass is 9.91. The molecule has 2 aromatic rings.